The van der Waals surface area contributed by atoms with Crippen molar-refractivity contribution in [2.75, 3.05) is 0 Å². The molecule has 0 fully saturated rings. The van der Waals surface area contributed by atoms with Crippen molar-refractivity contribution < 1.29 is 0 Å². The Bertz CT molecular complexity index is 208. The maximum Gasteiger partial charge on any atom is 0.0747 e. The van der Waals surface area contributed by atoms with Crippen LogP contribution >= 0.6 is 37.3 Å². The van der Waals surface area contributed by atoms with Crippen molar-refractivity contribution >= 4 is 41.5 Å². The zero-order chi connectivity index (χ0) is 6.69. The fourth-order valence-electron chi connectivity index (χ4n) is 0.581. The van der Waals surface area contributed by atoms with E-state index in [2.05, 4.69) is 12.6 Å². The molecule has 0 spiro atoms. The summed E-state index contributed by atoms with van der Waals surface area (Å²) in [5, 5.41) is 0. The Morgan fingerprint density at radius 2 is 1.70 bits per heavy atom. The third kappa shape index (κ3) is 2.69. The Hall–Kier alpha value is -0.0500. The van der Waals surface area contributed by atoms with Gasteiger partial charge in [-0.3, -0.25) is 0 Å². The summed E-state index contributed by atoms with van der Waals surface area (Å²) in [5.74, 6) is 0. The van der Waals surface area contributed by atoms with Crippen LogP contribution in [0.25, 0.3) is 0 Å². The number of hydrogen-bond donors (Lipinski definition) is 1. The molecular formula is C7H7ClS2. The topological polar surface area (TPSA) is 0 Å². The van der Waals surface area contributed by atoms with Crippen molar-refractivity contribution in [1.29, 1.82) is 0 Å². The van der Waals surface area contributed by atoms with Gasteiger partial charge in [-0.05, 0) is 5.56 Å². The molecule has 0 bridgehead atoms. The fourth-order valence-corrected chi connectivity index (χ4v) is 0.866. The third-order valence-corrected chi connectivity index (χ3v) is 1.51. The lowest BCUT2D eigenvalue weighted by Gasteiger charge is -1.91. The molecule has 0 atom stereocenters. The summed E-state index contributed by atoms with van der Waals surface area (Å²) in [6.07, 6.45) is 0. The highest BCUT2D eigenvalue weighted by atomic mass is 35.5. The molecule has 0 saturated heterocycles. The van der Waals surface area contributed by atoms with E-state index in [0.717, 1.165) is 5.56 Å². The number of thiol groups is 1. The van der Waals surface area contributed by atoms with Crippen LogP contribution in [0.1, 0.15) is 5.56 Å². The molecule has 1 aromatic rings. The number of halogens is 1. The van der Waals surface area contributed by atoms with Crippen molar-refractivity contribution in [1.82, 2.24) is 0 Å². The van der Waals surface area contributed by atoms with Crippen LogP contribution in [0.15, 0.2) is 30.3 Å². The normalized spacial score (nSPS) is 8.10. The largest absolute Gasteiger partial charge is 0.147 e. The molecule has 0 saturated carbocycles. The molecule has 0 aliphatic carbocycles. The van der Waals surface area contributed by atoms with E-state index in [9.17, 15) is 0 Å². The molecule has 0 heterocycles. The monoisotopic (exact) mass is 190 g/mol. The molecule has 0 unspecified atom stereocenters. The van der Waals surface area contributed by atoms with Crippen LogP contribution in [0.5, 0.6) is 0 Å². The molecule has 0 aliphatic heterocycles. The van der Waals surface area contributed by atoms with Gasteiger partial charge in [-0.25, -0.2) is 0 Å². The first-order valence-electron chi connectivity index (χ1n) is 2.59. The van der Waals surface area contributed by atoms with Crippen LogP contribution < -0.4 is 0 Å². The summed E-state index contributed by atoms with van der Waals surface area (Å²) in [6.45, 7) is 0. The van der Waals surface area contributed by atoms with E-state index in [-0.39, 0.29) is 12.4 Å². The second-order valence-corrected chi connectivity index (χ2v) is 2.83. The van der Waals surface area contributed by atoms with Crippen molar-refractivity contribution in [3.63, 3.8) is 0 Å². The lowest BCUT2D eigenvalue weighted by molar-refractivity contribution is 1.69. The van der Waals surface area contributed by atoms with Crippen molar-refractivity contribution in [3.8, 4) is 0 Å². The Morgan fingerprint density at radius 3 is 2.00 bits per heavy atom. The van der Waals surface area contributed by atoms with Gasteiger partial charge in [-0.15, -0.1) is 25.0 Å². The minimum Gasteiger partial charge on any atom is -0.147 e. The second-order valence-electron chi connectivity index (χ2n) is 1.67. The van der Waals surface area contributed by atoms with Crippen molar-refractivity contribution in [2.45, 2.75) is 0 Å². The summed E-state index contributed by atoms with van der Waals surface area (Å²) in [5.41, 5.74) is 1.01. The molecule has 0 radical (unpaired) electrons. The first kappa shape index (κ1) is 9.95. The summed E-state index contributed by atoms with van der Waals surface area (Å²) in [4.78, 5) is 0. The highest BCUT2D eigenvalue weighted by molar-refractivity contribution is 8.11. The predicted molar refractivity (Wildman–Crippen MR) is 54.4 cm³/mol. The van der Waals surface area contributed by atoms with Gasteiger partial charge < -0.3 is 0 Å². The van der Waals surface area contributed by atoms with Crippen LogP contribution in [0, 0.1) is 0 Å². The van der Waals surface area contributed by atoms with Gasteiger partial charge >= 0.3 is 0 Å². The van der Waals surface area contributed by atoms with E-state index in [1.165, 1.54) is 0 Å². The number of hydrogen-bond acceptors (Lipinski definition) is 1. The van der Waals surface area contributed by atoms with Gasteiger partial charge in [-0.1, -0.05) is 42.5 Å². The third-order valence-electron chi connectivity index (χ3n) is 1.02. The number of thiocarbonyl (C=S) groups is 1. The van der Waals surface area contributed by atoms with Gasteiger partial charge in [0.05, 0.1) is 4.20 Å². The van der Waals surface area contributed by atoms with E-state index in [1.54, 1.807) is 0 Å². The van der Waals surface area contributed by atoms with Crippen LogP contribution in [0.3, 0.4) is 0 Å². The Labute approximate surface area is 77.5 Å². The Morgan fingerprint density at radius 1 is 1.20 bits per heavy atom. The molecule has 0 amide bonds. The van der Waals surface area contributed by atoms with Crippen LogP contribution in [-0.4, -0.2) is 4.20 Å². The minimum absolute atomic E-state index is 0. The van der Waals surface area contributed by atoms with Gasteiger partial charge in [-0.2, -0.15) is 0 Å². The average molecular weight is 191 g/mol. The van der Waals surface area contributed by atoms with Crippen LogP contribution in [0.4, 0.5) is 0 Å². The maximum absolute atomic E-state index is 4.83. The highest BCUT2D eigenvalue weighted by Crippen LogP contribution is 2.02. The van der Waals surface area contributed by atoms with E-state index < -0.39 is 0 Å². The maximum atomic E-state index is 4.83. The van der Waals surface area contributed by atoms with E-state index in [1.807, 2.05) is 30.3 Å². The molecule has 54 valence electrons. The fraction of sp³-hybridized carbons (Fsp3) is 0. The van der Waals surface area contributed by atoms with Gasteiger partial charge in [0.1, 0.15) is 0 Å². The molecule has 0 aliphatic rings. The van der Waals surface area contributed by atoms with E-state index in [0.29, 0.717) is 4.20 Å². The molecule has 10 heavy (non-hydrogen) atoms. The van der Waals surface area contributed by atoms with E-state index in [4.69, 9.17) is 12.2 Å². The quantitative estimate of drug-likeness (QED) is 0.525. The van der Waals surface area contributed by atoms with Gasteiger partial charge in [0.15, 0.2) is 0 Å². The molecular weight excluding hydrogens is 184 g/mol. The van der Waals surface area contributed by atoms with Gasteiger partial charge in [0.25, 0.3) is 0 Å². The Kier molecular flexibility index (Phi) is 4.69. The molecule has 0 aromatic heterocycles. The molecule has 3 heteroatoms. The summed E-state index contributed by atoms with van der Waals surface area (Å²) in [6, 6.07) is 9.72. The number of benzene rings is 1. The molecule has 1 aromatic carbocycles. The summed E-state index contributed by atoms with van der Waals surface area (Å²) in [7, 11) is 0. The molecule has 0 N–H and O–H groups in total. The summed E-state index contributed by atoms with van der Waals surface area (Å²) < 4.78 is 0.649. The SMILES string of the molecule is Cl.S=C(S)c1ccccc1. The zero-order valence-electron chi connectivity index (χ0n) is 5.15. The van der Waals surface area contributed by atoms with Crippen LogP contribution in [0.2, 0.25) is 0 Å². The van der Waals surface area contributed by atoms with Crippen LogP contribution in [-0.2, 0) is 0 Å². The standard InChI is InChI=1S/C7H6S2.ClH/c8-7(9)6-4-2-1-3-5-6;/h1-5H,(H,8,9);1H. The molecule has 1 rings (SSSR count). The van der Waals surface area contributed by atoms with Crippen molar-refractivity contribution in [2.24, 2.45) is 0 Å². The second kappa shape index (κ2) is 4.72. The molecule has 0 nitrogen and oxygen atoms in total. The zero-order valence-corrected chi connectivity index (χ0v) is 7.68. The smallest absolute Gasteiger partial charge is 0.0747 e. The lowest BCUT2D eigenvalue weighted by Crippen LogP contribution is -1.83. The Balaban J connectivity index is 0.000000810. The van der Waals surface area contributed by atoms with Gasteiger partial charge in [0, 0.05) is 0 Å². The minimum atomic E-state index is 0. The average Bonchev–Trinajstić information content (AvgIpc) is 1.90. The van der Waals surface area contributed by atoms with Crippen molar-refractivity contribution in [3.05, 3.63) is 35.9 Å². The first-order chi connectivity index (χ1) is 4.30. The number of rotatable bonds is 1. The van der Waals surface area contributed by atoms with E-state index >= 15 is 0 Å². The summed E-state index contributed by atoms with van der Waals surface area (Å²) >= 11 is 8.85. The first-order valence-corrected chi connectivity index (χ1v) is 3.44. The lowest BCUT2D eigenvalue weighted by atomic mass is 10.2. The van der Waals surface area contributed by atoms with Gasteiger partial charge in [0.2, 0.25) is 0 Å². The highest BCUT2D eigenvalue weighted by Gasteiger charge is 1.89. The predicted octanol–water partition coefficient (Wildman–Crippen LogP) is 2.71.